The second-order valence-corrected chi connectivity index (χ2v) is 6.49. The van der Waals surface area contributed by atoms with Crippen LogP contribution in [0.3, 0.4) is 0 Å². The summed E-state index contributed by atoms with van der Waals surface area (Å²) in [6, 6.07) is 7.82. The van der Waals surface area contributed by atoms with Crippen LogP contribution < -0.4 is 5.32 Å². The third kappa shape index (κ3) is 5.59. The van der Waals surface area contributed by atoms with Crippen molar-refractivity contribution < 1.29 is 4.74 Å². The SMILES string of the molecule is CCNC(=NCc1cccc(Cl)c1)N1CCOC(c2cnn(C)c2)C1.I. The molecule has 142 valence electrons. The Morgan fingerprint density at radius 3 is 3.00 bits per heavy atom. The van der Waals surface area contributed by atoms with E-state index in [1.807, 2.05) is 43.7 Å². The number of guanidine groups is 1. The van der Waals surface area contributed by atoms with Crippen LogP contribution in [0.5, 0.6) is 0 Å². The van der Waals surface area contributed by atoms with Gasteiger partial charge in [-0.2, -0.15) is 5.10 Å². The minimum atomic E-state index is 0. The van der Waals surface area contributed by atoms with E-state index in [4.69, 9.17) is 21.3 Å². The van der Waals surface area contributed by atoms with Crippen molar-refractivity contribution >= 4 is 41.5 Å². The number of rotatable bonds is 4. The van der Waals surface area contributed by atoms with Crippen LogP contribution in [0.25, 0.3) is 0 Å². The predicted molar refractivity (Wildman–Crippen MR) is 115 cm³/mol. The summed E-state index contributed by atoms with van der Waals surface area (Å²) in [5.41, 5.74) is 2.19. The summed E-state index contributed by atoms with van der Waals surface area (Å²) in [6.07, 6.45) is 3.88. The van der Waals surface area contributed by atoms with E-state index in [0.717, 1.165) is 41.7 Å². The lowest BCUT2D eigenvalue weighted by Gasteiger charge is -2.34. The number of hydrogen-bond donors (Lipinski definition) is 1. The predicted octanol–water partition coefficient (Wildman–Crippen LogP) is 3.23. The molecule has 8 heteroatoms. The second kappa shape index (κ2) is 10.1. The molecule has 0 spiro atoms. The molecular weight excluding hydrogens is 465 g/mol. The van der Waals surface area contributed by atoms with Gasteiger partial charge in [0.25, 0.3) is 0 Å². The number of halogens is 2. The zero-order valence-electron chi connectivity index (χ0n) is 15.1. The van der Waals surface area contributed by atoms with Gasteiger partial charge in [-0.05, 0) is 24.6 Å². The van der Waals surface area contributed by atoms with Crippen LogP contribution in [-0.4, -0.2) is 46.9 Å². The molecule has 1 aliphatic rings. The van der Waals surface area contributed by atoms with Crippen LogP contribution in [-0.2, 0) is 18.3 Å². The molecular formula is C18H25ClIN5O. The molecule has 0 radical (unpaired) electrons. The number of hydrogen-bond acceptors (Lipinski definition) is 3. The summed E-state index contributed by atoms with van der Waals surface area (Å²) in [5, 5.41) is 8.36. The van der Waals surface area contributed by atoms with Gasteiger partial charge in [0.1, 0.15) is 6.10 Å². The van der Waals surface area contributed by atoms with Gasteiger partial charge < -0.3 is 15.0 Å². The molecule has 0 bridgehead atoms. The lowest BCUT2D eigenvalue weighted by molar-refractivity contribution is -0.00805. The van der Waals surface area contributed by atoms with Crippen LogP contribution in [0.4, 0.5) is 0 Å². The largest absolute Gasteiger partial charge is 0.370 e. The highest BCUT2D eigenvalue weighted by atomic mass is 127. The topological polar surface area (TPSA) is 54.7 Å². The van der Waals surface area contributed by atoms with E-state index in [1.165, 1.54) is 0 Å². The van der Waals surface area contributed by atoms with Gasteiger partial charge in [-0.25, -0.2) is 4.99 Å². The monoisotopic (exact) mass is 489 g/mol. The van der Waals surface area contributed by atoms with Crippen molar-refractivity contribution in [3.8, 4) is 0 Å². The van der Waals surface area contributed by atoms with Gasteiger partial charge in [0, 0.05) is 36.9 Å². The number of aromatic nitrogens is 2. The van der Waals surface area contributed by atoms with E-state index in [0.29, 0.717) is 13.2 Å². The summed E-state index contributed by atoms with van der Waals surface area (Å²) in [5.74, 6) is 0.902. The minimum absolute atomic E-state index is 0. The molecule has 2 heterocycles. The molecule has 26 heavy (non-hydrogen) atoms. The van der Waals surface area contributed by atoms with Crippen LogP contribution in [0.15, 0.2) is 41.7 Å². The van der Waals surface area contributed by atoms with Crippen LogP contribution in [0, 0.1) is 0 Å². The number of nitrogens with one attached hydrogen (secondary N) is 1. The maximum Gasteiger partial charge on any atom is 0.194 e. The fourth-order valence-corrected chi connectivity index (χ4v) is 3.09. The fourth-order valence-electron chi connectivity index (χ4n) is 2.88. The first-order valence-electron chi connectivity index (χ1n) is 8.53. The Kier molecular flexibility index (Phi) is 8.17. The Morgan fingerprint density at radius 1 is 1.46 bits per heavy atom. The number of aliphatic imine (C=N–C) groups is 1. The number of morpholine rings is 1. The van der Waals surface area contributed by atoms with Crippen molar-refractivity contribution in [1.82, 2.24) is 20.0 Å². The highest BCUT2D eigenvalue weighted by Gasteiger charge is 2.25. The van der Waals surface area contributed by atoms with E-state index in [2.05, 4.69) is 22.2 Å². The molecule has 0 amide bonds. The molecule has 6 nitrogen and oxygen atoms in total. The number of benzene rings is 1. The smallest absolute Gasteiger partial charge is 0.194 e. The van der Waals surface area contributed by atoms with Crippen molar-refractivity contribution in [1.29, 1.82) is 0 Å². The number of aryl methyl sites for hydroxylation is 1. The highest BCUT2D eigenvalue weighted by molar-refractivity contribution is 14.0. The molecule has 1 fully saturated rings. The number of ether oxygens (including phenoxy) is 1. The van der Waals surface area contributed by atoms with Gasteiger partial charge in [0.2, 0.25) is 0 Å². The summed E-state index contributed by atoms with van der Waals surface area (Å²) >= 11 is 6.06. The zero-order chi connectivity index (χ0) is 17.6. The molecule has 1 aromatic carbocycles. The molecule has 2 aromatic rings. The maximum atomic E-state index is 6.06. The van der Waals surface area contributed by atoms with Crippen molar-refractivity contribution in [2.75, 3.05) is 26.2 Å². The zero-order valence-corrected chi connectivity index (χ0v) is 18.1. The quantitative estimate of drug-likeness (QED) is 0.407. The molecule has 1 saturated heterocycles. The molecule has 0 saturated carbocycles. The second-order valence-electron chi connectivity index (χ2n) is 6.05. The van der Waals surface area contributed by atoms with Gasteiger partial charge in [0.05, 0.1) is 25.9 Å². The van der Waals surface area contributed by atoms with E-state index >= 15 is 0 Å². The Morgan fingerprint density at radius 2 is 2.31 bits per heavy atom. The summed E-state index contributed by atoms with van der Waals surface area (Å²) in [6.45, 7) is 5.74. The van der Waals surface area contributed by atoms with Gasteiger partial charge >= 0.3 is 0 Å². The van der Waals surface area contributed by atoms with Gasteiger partial charge in [-0.1, -0.05) is 23.7 Å². The molecule has 1 aromatic heterocycles. The van der Waals surface area contributed by atoms with Crippen LogP contribution in [0.1, 0.15) is 24.2 Å². The number of nitrogens with zero attached hydrogens (tertiary/aromatic N) is 4. The normalized spacial score (nSPS) is 17.7. The Balaban J connectivity index is 0.00000243. The van der Waals surface area contributed by atoms with Crippen molar-refractivity contribution in [2.45, 2.75) is 19.6 Å². The van der Waals surface area contributed by atoms with Gasteiger partial charge in [-0.15, -0.1) is 24.0 Å². The van der Waals surface area contributed by atoms with Crippen molar-refractivity contribution in [3.05, 3.63) is 52.8 Å². The lowest BCUT2D eigenvalue weighted by atomic mass is 10.1. The third-order valence-corrected chi connectivity index (χ3v) is 4.33. The van der Waals surface area contributed by atoms with E-state index < -0.39 is 0 Å². The first-order valence-corrected chi connectivity index (χ1v) is 8.91. The third-order valence-electron chi connectivity index (χ3n) is 4.10. The molecule has 0 aliphatic carbocycles. The summed E-state index contributed by atoms with van der Waals surface area (Å²) in [7, 11) is 1.92. The van der Waals surface area contributed by atoms with E-state index in [-0.39, 0.29) is 30.1 Å². The van der Waals surface area contributed by atoms with Crippen LogP contribution in [0.2, 0.25) is 5.02 Å². The summed E-state index contributed by atoms with van der Waals surface area (Å²) in [4.78, 5) is 7.02. The first-order chi connectivity index (χ1) is 12.2. The molecule has 1 N–H and O–H groups in total. The average Bonchev–Trinajstić information content (AvgIpc) is 3.05. The Bertz CT molecular complexity index is 736. The van der Waals surface area contributed by atoms with Crippen molar-refractivity contribution in [3.63, 3.8) is 0 Å². The molecule has 1 unspecified atom stereocenters. The standard InChI is InChI=1S/C18H24ClN5O.HI/c1-3-20-18(21-10-14-5-4-6-16(19)9-14)24-7-8-25-17(13-24)15-11-22-23(2)12-15;/h4-6,9,11-12,17H,3,7-8,10,13H2,1-2H3,(H,20,21);1H. The van der Waals surface area contributed by atoms with Gasteiger partial charge in [0.15, 0.2) is 5.96 Å². The Hall–Kier alpha value is -1.32. The van der Waals surface area contributed by atoms with Crippen LogP contribution >= 0.6 is 35.6 Å². The van der Waals surface area contributed by atoms with E-state index in [1.54, 1.807) is 4.68 Å². The maximum absolute atomic E-state index is 6.06. The highest BCUT2D eigenvalue weighted by Crippen LogP contribution is 2.21. The Labute approximate surface area is 176 Å². The molecule has 1 atom stereocenters. The van der Waals surface area contributed by atoms with E-state index in [9.17, 15) is 0 Å². The lowest BCUT2D eigenvalue weighted by Crippen LogP contribution is -2.48. The first kappa shape index (κ1) is 21.0. The summed E-state index contributed by atoms with van der Waals surface area (Å²) < 4.78 is 7.72. The van der Waals surface area contributed by atoms with Crippen molar-refractivity contribution in [2.24, 2.45) is 12.0 Å². The average molecular weight is 490 g/mol. The molecule has 3 rings (SSSR count). The minimum Gasteiger partial charge on any atom is -0.370 e. The van der Waals surface area contributed by atoms with Gasteiger partial charge in [-0.3, -0.25) is 4.68 Å². The fraction of sp³-hybridized carbons (Fsp3) is 0.444. The molecule has 1 aliphatic heterocycles.